The average molecular weight is 179 g/mol. The van der Waals surface area contributed by atoms with Crippen LogP contribution in [0.2, 0.25) is 0 Å². The van der Waals surface area contributed by atoms with Crippen LogP contribution in [-0.4, -0.2) is 13.2 Å². The Morgan fingerprint density at radius 2 is 2.15 bits per heavy atom. The molecule has 0 saturated heterocycles. The normalized spacial score (nSPS) is 15.5. The van der Waals surface area contributed by atoms with Gasteiger partial charge in [0.2, 0.25) is 0 Å². The summed E-state index contributed by atoms with van der Waals surface area (Å²) in [5.41, 5.74) is 6.41. The van der Waals surface area contributed by atoms with Gasteiger partial charge in [-0.1, -0.05) is 0 Å². The van der Waals surface area contributed by atoms with E-state index in [2.05, 4.69) is 0 Å². The van der Waals surface area contributed by atoms with E-state index in [0.29, 0.717) is 11.8 Å². The highest BCUT2D eigenvalue weighted by atomic mass is 16.5. The summed E-state index contributed by atoms with van der Waals surface area (Å²) in [6.45, 7) is 0. The molecule has 70 valence electrons. The summed E-state index contributed by atoms with van der Waals surface area (Å²) in [5, 5.41) is 0. The summed E-state index contributed by atoms with van der Waals surface area (Å²) < 4.78 is 10.7. The van der Waals surface area contributed by atoms with Gasteiger partial charge in [0, 0.05) is 6.07 Å². The topological polar surface area (TPSA) is 44.5 Å². The highest BCUT2D eigenvalue weighted by Crippen LogP contribution is 2.32. The van der Waals surface area contributed by atoms with Crippen molar-refractivity contribution < 1.29 is 9.47 Å². The van der Waals surface area contributed by atoms with Crippen molar-refractivity contribution in [1.82, 2.24) is 0 Å². The van der Waals surface area contributed by atoms with Crippen LogP contribution < -0.4 is 15.2 Å². The fraction of sp³-hybridized carbons (Fsp3) is 0.400. The van der Waals surface area contributed by atoms with Gasteiger partial charge < -0.3 is 15.2 Å². The maximum absolute atomic E-state index is 5.74. The fourth-order valence-corrected chi connectivity index (χ4v) is 1.11. The number of benzene rings is 1. The second kappa shape index (κ2) is 3.17. The molecular formula is C10H13NO2. The predicted octanol–water partition coefficient (Wildman–Crippen LogP) is 1.82. The summed E-state index contributed by atoms with van der Waals surface area (Å²) in [5.74, 6) is 1.52. The van der Waals surface area contributed by atoms with E-state index in [4.69, 9.17) is 15.2 Å². The van der Waals surface area contributed by atoms with Gasteiger partial charge in [-0.25, -0.2) is 0 Å². The number of methoxy groups -OCH3 is 1. The lowest BCUT2D eigenvalue weighted by atomic mass is 10.3. The van der Waals surface area contributed by atoms with Gasteiger partial charge in [0.15, 0.2) is 0 Å². The second-order valence-electron chi connectivity index (χ2n) is 3.22. The van der Waals surface area contributed by atoms with Crippen molar-refractivity contribution in [2.24, 2.45) is 0 Å². The maximum atomic E-state index is 5.74. The quantitative estimate of drug-likeness (QED) is 0.720. The number of ether oxygens (including phenoxy) is 2. The van der Waals surface area contributed by atoms with Crippen LogP contribution in [0.15, 0.2) is 18.2 Å². The number of hydrogen-bond donors (Lipinski definition) is 1. The Bertz CT molecular complexity index is 308. The lowest BCUT2D eigenvalue weighted by Crippen LogP contribution is -2.00. The van der Waals surface area contributed by atoms with Crippen molar-refractivity contribution >= 4 is 5.69 Å². The molecule has 1 fully saturated rings. The number of hydrogen-bond acceptors (Lipinski definition) is 3. The van der Waals surface area contributed by atoms with E-state index in [1.54, 1.807) is 13.2 Å². The van der Waals surface area contributed by atoms with E-state index in [1.165, 1.54) is 0 Å². The van der Waals surface area contributed by atoms with Crippen LogP contribution >= 0.6 is 0 Å². The van der Waals surface area contributed by atoms with Gasteiger partial charge in [0.25, 0.3) is 0 Å². The molecule has 1 saturated carbocycles. The summed E-state index contributed by atoms with van der Waals surface area (Å²) in [4.78, 5) is 0. The van der Waals surface area contributed by atoms with E-state index < -0.39 is 0 Å². The Kier molecular flexibility index (Phi) is 2.00. The number of anilines is 1. The molecule has 1 aromatic rings. The summed E-state index contributed by atoms with van der Waals surface area (Å²) in [6, 6.07) is 5.46. The van der Waals surface area contributed by atoms with E-state index in [-0.39, 0.29) is 0 Å². The molecule has 0 unspecified atom stereocenters. The molecule has 0 aliphatic heterocycles. The summed E-state index contributed by atoms with van der Waals surface area (Å²) in [6.07, 6.45) is 2.64. The summed E-state index contributed by atoms with van der Waals surface area (Å²) >= 11 is 0. The highest BCUT2D eigenvalue weighted by molar-refractivity contribution is 5.55. The maximum Gasteiger partial charge on any atom is 0.146 e. The molecule has 0 radical (unpaired) electrons. The molecule has 0 aromatic heterocycles. The molecule has 0 atom stereocenters. The number of rotatable bonds is 3. The van der Waals surface area contributed by atoms with Crippen LogP contribution in [0.4, 0.5) is 5.69 Å². The van der Waals surface area contributed by atoms with Gasteiger partial charge in [0.1, 0.15) is 11.5 Å². The molecule has 1 aromatic carbocycles. The van der Waals surface area contributed by atoms with Crippen LogP contribution in [0.3, 0.4) is 0 Å². The van der Waals surface area contributed by atoms with Crippen molar-refractivity contribution in [2.45, 2.75) is 18.9 Å². The van der Waals surface area contributed by atoms with Gasteiger partial charge in [-0.05, 0) is 25.0 Å². The van der Waals surface area contributed by atoms with Crippen LogP contribution in [0.1, 0.15) is 12.8 Å². The van der Waals surface area contributed by atoms with Gasteiger partial charge in [-0.3, -0.25) is 0 Å². The van der Waals surface area contributed by atoms with Crippen LogP contribution in [0, 0.1) is 0 Å². The average Bonchev–Trinajstić information content (AvgIpc) is 2.93. The Hall–Kier alpha value is -1.38. The molecular weight excluding hydrogens is 166 g/mol. The van der Waals surface area contributed by atoms with E-state index >= 15 is 0 Å². The van der Waals surface area contributed by atoms with E-state index in [0.717, 1.165) is 24.3 Å². The lowest BCUT2D eigenvalue weighted by Gasteiger charge is -2.08. The molecule has 13 heavy (non-hydrogen) atoms. The summed E-state index contributed by atoms with van der Waals surface area (Å²) in [7, 11) is 1.63. The monoisotopic (exact) mass is 179 g/mol. The van der Waals surface area contributed by atoms with Crippen molar-refractivity contribution in [3.63, 3.8) is 0 Å². The minimum Gasteiger partial charge on any atom is -0.497 e. The third-order valence-electron chi connectivity index (χ3n) is 2.04. The molecule has 0 heterocycles. The Balaban J connectivity index is 2.19. The highest BCUT2D eigenvalue weighted by Gasteiger charge is 2.24. The Morgan fingerprint density at radius 3 is 2.77 bits per heavy atom. The van der Waals surface area contributed by atoms with Gasteiger partial charge in [-0.15, -0.1) is 0 Å². The first-order valence-corrected chi connectivity index (χ1v) is 4.40. The standard InChI is InChI=1S/C10H13NO2/c1-12-8-4-5-9(11)10(6-8)13-7-2-3-7/h4-7H,2-3,11H2,1H3. The Labute approximate surface area is 77.5 Å². The molecule has 1 aliphatic rings. The van der Waals surface area contributed by atoms with Gasteiger partial charge in [0.05, 0.1) is 18.9 Å². The van der Waals surface area contributed by atoms with Crippen molar-refractivity contribution in [3.8, 4) is 11.5 Å². The smallest absolute Gasteiger partial charge is 0.146 e. The molecule has 2 rings (SSSR count). The zero-order valence-electron chi connectivity index (χ0n) is 7.62. The fourth-order valence-electron chi connectivity index (χ4n) is 1.11. The minimum absolute atomic E-state index is 0.370. The minimum atomic E-state index is 0.370. The molecule has 2 N–H and O–H groups in total. The number of nitrogen functional groups attached to an aromatic ring is 1. The third-order valence-corrected chi connectivity index (χ3v) is 2.04. The molecule has 0 spiro atoms. The van der Waals surface area contributed by atoms with Crippen molar-refractivity contribution in [1.29, 1.82) is 0 Å². The van der Waals surface area contributed by atoms with Crippen molar-refractivity contribution in [2.75, 3.05) is 12.8 Å². The predicted molar refractivity (Wildman–Crippen MR) is 51.1 cm³/mol. The zero-order chi connectivity index (χ0) is 9.26. The Morgan fingerprint density at radius 1 is 1.38 bits per heavy atom. The molecule has 0 bridgehead atoms. The second-order valence-corrected chi connectivity index (χ2v) is 3.22. The number of nitrogens with two attached hydrogens (primary N) is 1. The largest absolute Gasteiger partial charge is 0.497 e. The van der Waals surface area contributed by atoms with E-state index in [1.807, 2.05) is 12.1 Å². The first kappa shape index (κ1) is 8.23. The van der Waals surface area contributed by atoms with Crippen molar-refractivity contribution in [3.05, 3.63) is 18.2 Å². The first-order chi connectivity index (χ1) is 6.29. The van der Waals surface area contributed by atoms with Crippen LogP contribution in [-0.2, 0) is 0 Å². The van der Waals surface area contributed by atoms with E-state index in [9.17, 15) is 0 Å². The van der Waals surface area contributed by atoms with Gasteiger partial charge in [-0.2, -0.15) is 0 Å². The molecule has 3 nitrogen and oxygen atoms in total. The van der Waals surface area contributed by atoms with Crippen LogP contribution in [0.25, 0.3) is 0 Å². The van der Waals surface area contributed by atoms with Gasteiger partial charge >= 0.3 is 0 Å². The molecule has 3 heteroatoms. The molecule has 1 aliphatic carbocycles. The SMILES string of the molecule is COc1ccc(N)c(OC2CC2)c1. The third kappa shape index (κ3) is 1.86. The zero-order valence-corrected chi connectivity index (χ0v) is 7.62. The lowest BCUT2D eigenvalue weighted by molar-refractivity contribution is 0.302. The first-order valence-electron chi connectivity index (χ1n) is 4.40. The van der Waals surface area contributed by atoms with Crippen LogP contribution in [0.5, 0.6) is 11.5 Å². The molecule has 0 amide bonds.